The quantitative estimate of drug-likeness (QED) is 0.603. The van der Waals surface area contributed by atoms with E-state index in [1.54, 1.807) is 12.1 Å². The normalized spacial score (nSPS) is 11.0. The van der Waals surface area contributed by atoms with E-state index in [-0.39, 0.29) is 11.8 Å². The van der Waals surface area contributed by atoms with E-state index in [1.165, 1.54) is 0 Å². The second-order valence-corrected chi connectivity index (χ2v) is 7.18. The monoisotopic (exact) mass is 363 g/mol. The summed E-state index contributed by atoms with van der Waals surface area (Å²) in [6, 6.07) is 14.9. The number of rotatable bonds is 6. The van der Waals surface area contributed by atoms with Gasteiger partial charge in [0.1, 0.15) is 5.69 Å². The lowest BCUT2D eigenvalue weighted by atomic mass is 10.1. The summed E-state index contributed by atoms with van der Waals surface area (Å²) in [6.45, 7) is 6.79. The molecule has 3 rings (SSSR count). The minimum absolute atomic E-state index is 0.217. The molecule has 0 bridgehead atoms. The molecule has 1 aromatic heterocycles. The third kappa shape index (κ3) is 4.37. The highest BCUT2D eigenvalue weighted by Gasteiger charge is 2.20. The van der Waals surface area contributed by atoms with Gasteiger partial charge in [0, 0.05) is 23.0 Å². The number of hydrogen-bond acceptors (Lipinski definition) is 2. The molecule has 0 atom stereocenters. The Morgan fingerprint density at radius 2 is 1.70 bits per heavy atom. The number of hydrogen-bond donors (Lipinski definition) is 3. The van der Waals surface area contributed by atoms with Crippen LogP contribution >= 0.6 is 0 Å². The van der Waals surface area contributed by atoms with Gasteiger partial charge in [-0.25, -0.2) is 0 Å². The number of nitrogens with one attached hydrogen (secondary N) is 3. The van der Waals surface area contributed by atoms with Crippen molar-refractivity contribution in [2.45, 2.75) is 27.2 Å². The molecule has 0 unspecified atom stereocenters. The minimum Gasteiger partial charge on any atom is -0.351 e. The van der Waals surface area contributed by atoms with Crippen molar-refractivity contribution in [3.8, 4) is 0 Å². The number of aromatic amines is 1. The number of fused-ring (bicyclic) bond motifs is 1. The summed E-state index contributed by atoms with van der Waals surface area (Å²) in [5.41, 5.74) is 3.34. The number of carbonyl (C=O) groups excluding carboxylic acids is 2. The van der Waals surface area contributed by atoms with E-state index >= 15 is 0 Å². The zero-order chi connectivity index (χ0) is 19.4. The van der Waals surface area contributed by atoms with Crippen LogP contribution in [0.4, 0.5) is 5.69 Å². The molecule has 0 radical (unpaired) electrons. The van der Waals surface area contributed by atoms with Crippen molar-refractivity contribution >= 4 is 28.4 Å². The fourth-order valence-electron chi connectivity index (χ4n) is 2.90. The van der Waals surface area contributed by atoms with Crippen LogP contribution in [-0.2, 0) is 0 Å². The molecule has 3 N–H and O–H groups in total. The van der Waals surface area contributed by atoms with E-state index in [9.17, 15) is 9.59 Å². The first-order chi connectivity index (χ1) is 13.0. The number of aryl methyl sites for hydroxylation is 1. The van der Waals surface area contributed by atoms with Crippen LogP contribution in [0.3, 0.4) is 0 Å². The summed E-state index contributed by atoms with van der Waals surface area (Å²) in [6.07, 6.45) is 0.900. The average molecular weight is 363 g/mol. The molecule has 1 heterocycles. The van der Waals surface area contributed by atoms with Crippen LogP contribution in [0.2, 0.25) is 0 Å². The molecule has 3 aromatic rings. The Labute approximate surface area is 159 Å². The molecule has 2 amide bonds. The number of aromatic nitrogens is 1. The number of amides is 2. The highest BCUT2D eigenvalue weighted by molar-refractivity contribution is 6.15. The van der Waals surface area contributed by atoms with Crippen LogP contribution in [-0.4, -0.2) is 23.3 Å². The maximum absolute atomic E-state index is 12.7. The van der Waals surface area contributed by atoms with Crippen LogP contribution in [0, 0.1) is 12.8 Å². The van der Waals surface area contributed by atoms with Gasteiger partial charge in [-0.05, 0) is 37.5 Å². The first-order valence-electron chi connectivity index (χ1n) is 9.22. The first-order valence-corrected chi connectivity index (χ1v) is 9.22. The van der Waals surface area contributed by atoms with Crippen molar-refractivity contribution < 1.29 is 9.59 Å². The van der Waals surface area contributed by atoms with E-state index in [0.717, 1.165) is 22.9 Å². The number of benzene rings is 2. The summed E-state index contributed by atoms with van der Waals surface area (Å²) in [5, 5.41) is 6.66. The maximum atomic E-state index is 12.7. The summed E-state index contributed by atoms with van der Waals surface area (Å²) in [4.78, 5) is 28.5. The third-order valence-electron chi connectivity index (χ3n) is 4.49. The average Bonchev–Trinajstić information content (AvgIpc) is 3.00. The van der Waals surface area contributed by atoms with E-state index in [0.29, 0.717) is 29.4 Å². The zero-order valence-electron chi connectivity index (χ0n) is 15.9. The van der Waals surface area contributed by atoms with Crippen molar-refractivity contribution in [1.82, 2.24) is 10.3 Å². The molecule has 0 spiro atoms. The Kier molecular flexibility index (Phi) is 5.60. The zero-order valence-corrected chi connectivity index (χ0v) is 15.9. The molecule has 2 aromatic carbocycles. The smallest absolute Gasteiger partial charge is 0.269 e. The molecule has 0 saturated carbocycles. The van der Waals surface area contributed by atoms with Gasteiger partial charge in [-0.3, -0.25) is 9.59 Å². The van der Waals surface area contributed by atoms with Gasteiger partial charge in [0.2, 0.25) is 0 Å². The van der Waals surface area contributed by atoms with Gasteiger partial charge in [0.25, 0.3) is 11.8 Å². The molecule has 0 aliphatic carbocycles. The minimum atomic E-state index is -0.240. The van der Waals surface area contributed by atoms with Gasteiger partial charge < -0.3 is 15.6 Å². The lowest BCUT2D eigenvalue weighted by Crippen LogP contribution is -2.27. The van der Waals surface area contributed by atoms with Crippen molar-refractivity contribution in [1.29, 1.82) is 0 Å². The lowest BCUT2D eigenvalue weighted by molar-refractivity contribution is 0.0948. The van der Waals surface area contributed by atoms with Gasteiger partial charge >= 0.3 is 0 Å². The largest absolute Gasteiger partial charge is 0.351 e. The van der Waals surface area contributed by atoms with Gasteiger partial charge in [0.05, 0.1) is 5.69 Å². The second kappa shape index (κ2) is 8.08. The van der Waals surface area contributed by atoms with Crippen LogP contribution in [0.25, 0.3) is 10.9 Å². The van der Waals surface area contributed by atoms with Gasteiger partial charge in [-0.15, -0.1) is 0 Å². The molecule has 0 aliphatic rings. The van der Waals surface area contributed by atoms with Crippen LogP contribution < -0.4 is 10.6 Å². The molecule has 0 fully saturated rings. The lowest BCUT2D eigenvalue weighted by Gasteiger charge is -2.10. The van der Waals surface area contributed by atoms with Crippen LogP contribution in [0.15, 0.2) is 48.5 Å². The van der Waals surface area contributed by atoms with Crippen LogP contribution in [0.5, 0.6) is 0 Å². The fraction of sp³-hybridized carbons (Fsp3) is 0.273. The molecule has 5 nitrogen and oxygen atoms in total. The summed E-state index contributed by atoms with van der Waals surface area (Å²) in [5.74, 6) is 0.0516. The predicted molar refractivity (Wildman–Crippen MR) is 109 cm³/mol. The Bertz CT molecular complexity index is 955. The molecule has 0 saturated heterocycles. The van der Waals surface area contributed by atoms with Crippen LogP contribution in [0.1, 0.15) is 46.7 Å². The van der Waals surface area contributed by atoms with E-state index in [2.05, 4.69) is 29.5 Å². The maximum Gasteiger partial charge on any atom is 0.269 e. The molecule has 5 heteroatoms. The first kappa shape index (κ1) is 18.7. The Hall–Kier alpha value is -3.08. The third-order valence-corrected chi connectivity index (χ3v) is 4.49. The predicted octanol–water partition coefficient (Wildman–Crippen LogP) is 4.50. The van der Waals surface area contributed by atoms with Gasteiger partial charge in [-0.1, -0.05) is 49.7 Å². The Balaban J connectivity index is 1.89. The number of H-pyrrole nitrogens is 1. The number of anilines is 1. The van der Waals surface area contributed by atoms with Crippen molar-refractivity contribution in [3.63, 3.8) is 0 Å². The Morgan fingerprint density at radius 3 is 2.41 bits per heavy atom. The standard InChI is InChI=1S/C22H25N3O2/c1-14(2)12-13-23-22(27)20-19(17-6-4-5-7-18(17)24-20)25-21(26)16-10-8-15(3)9-11-16/h4-11,14,24H,12-13H2,1-3H3,(H,23,27)(H,25,26). The second-order valence-electron chi connectivity index (χ2n) is 7.18. The van der Waals surface area contributed by atoms with E-state index in [1.807, 2.05) is 43.3 Å². The van der Waals surface area contributed by atoms with Crippen molar-refractivity contribution in [2.24, 2.45) is 5.92 Å². The van der Waals surface area contributed by atoms with E-state index in [4.69, 9.17) is 0 Å². The van der Waals surface area contributed by atoms with Gasteiger partial charge in [0.15, 0.2) is 0 Å². The van der Waals surface area contributed by atoms with Crippen molar-refractivity contribution in [2.75, 3.05) is 11.9 Å². The number of carbonyl (C=O) groups is 2. The molecular formula is C22H25N3O2. The fourth-order valence-corrected chi connectivity index (χ4v) is 2.90. The summed E-state index contributed by atoms with van der Waals surface area (Å²) >= 11 is 0. The van der Waals surface area contributed by atoms with E-state index < -0.39 is 0 Å². The topological polar surface area (TPSA) is 74.0 Å². The van der Waals surface area contributed by atoms with Crippen molar-refractivity contribution in [3.05, 3.63) is 65.4 Å². The highest BCUT2D eigenvalue weighted by Crippen LogP contribution is 2.28. The number of para-hydroxylation sites is 1. The molecule has 140 valence electrons. The molecule has 27 heavy (non-hydrogen) atoms. The summed E-state index contributed by atoms with van der Waals surface area (Å²) in [7, 11) is 0. The Morgan fingerprint density at radius 1 is 1.00 bits per heavy atom. The molecule has 0 aliphatic heterocycles. The van der Waals surface area contributed by atoms with Gasteiger partial charge in [-0.2, -0.15) is 0 Å². The molecular weight excluding hydrogens is 338 g/mol. The SMILES string of the molecule is Cc1ccc(C(=O)Nc2c(C(=O)NCCC(C)C)[nH]c3ccccc23)cc1. The summed E-state index contributed by atoms with van der Waals surface area (Å²) < 4.78 is 0. The highest BCUT2D eigenvalue weighted by atomic mass is 16.2.